The van der Waals surface area contributed by atoms with Crippen LogP contribution in [-0.4, -0.2) is 35.4 Å². The zero-order chi connectivity index (χ0) is 14.3. The summed E-state index contributed by atoms with van der Waals surface area (Å²) in [6.45, 7) is 6.65. The second-order valence-electron chi connectivity index (χ2n) is 6.94. The number of ether oxygens (including phenoxy) is 1. The SMILES string of the molecule is CC(C)(C)OC(=O)N1CCCC2(C1)CC(F)(C#N)C2. The Bertz CT molecular complexity index is 416. The maximum Gasteiger partial charge on any atom is 0.410 e. The first-order valence-corrected chi connectivity index (χ1v) is 6.75. The highest BCUT2D eigenvalue weighted by atomic mass is 19.1. The molecule has 1 spiro atoms. The molecule has 2 aliphatic rings. The van der Waals surface area contributed by atoms with Crippen molar-refractivity contribution in [1.29, 1.82) is 5.26 Å². The van der Waals surface area contributed by atoms with E-state index in [1.165, 1.54) is 0 Å². The summed E-state index contributed by atoms with van der Waals surface area (Å²) in [4.78, 5) is 13.7. The van der Waals surface area contributed by atoms with Gasteiger partial charge in [0, 0.05) is 25.9 Å². The summed E-state index contributed by atoms with van der Waals surface area (Å²) in [7, 11) is 0. The minimum Gasteiger partial charge on any atom is -0.444 e. The Hall–Kier alpha value is -1.31. The summed E-state index contributed by atoms with van der Waals surface area (Å²) in [5.41, 5.74) is -2.41. The van der Waals surface area contributed by atoms with Crippen LogP contribution < -0.4 is 0 Å². The molecule has 2 fully saturated rings. The van der Waals surface area contributed by atoms with Crippen LogP contribution in [0.4, 0.5) is 9.18 Å². The van der Waals surface area contributed by atoms with Crippen LogP contribution in [0.5, 0.6) is 0 Å². The summed E-state index contributed by atoms with van der Waals surface area (Å²) >= 11 is 0. The number of rotatable bonds is 0. The molecule has 19 heavy (non-hydrogen) atoms. The van der Waals surface area contributed by atoms with Crippen LogP contribution in [0.1, 0.15) is 46.5 Å². The van der Waals surface area contributed by atoms with Gasteiger partial charge < -0.3 is 9.64 Å². The van der Waals surface area contributed by atoms with Gasteiger partial charge in [-0.3, -0.25) is 0 Å². The van der Waals surface area contributed by atoms with Crippen molar-refractivity contribution in [2.45, 2.75) is 57.7 Å². The molecule has 1 aliphatic heterocycles. The van der Waals surface area contributed by atoms with Gasteiger partial charge in [-0.25, -0.2) is 9.18 Å². The molecule has 0 aromatic rings. The van der Waals surface area contributed by atoms with Gasteiger partial charge in [0.2, 0.25) is 0 Å². The maximum atomic E-state index is 13.8. The van der Waals surface area contributed by atoms with Crippen molar-refractivity contribution in [3.05, 3.63) is 0 Å². The minimum atomic E-state index is -1.68. The largest absolute Gasteiger partial charge is 0.444 e. The number of alkyl halides is 1. The quantitative estimate of drug-likeness (QED) is 0.678. The van der Waals surface area contributed by atoms with Crippen LogP contribution in [-0.2, 0) is 4.74 Å². The van der Waals surface area contributed by atoms with Crippen molar-refractivity contribution >= 4 is 6.09 Å². The van der Waals surface area contributed by atoms with E-state index in [2.05, 4.69) is 0 Å². The Morgan fingerprint density at radius 2 is 2.05 bits per heavy atom. The lowest BCUT2D eigenvalue weighted by Gasteiger charge is -2.53. The fraction of sp³-hybridized carbons (Fsp3) is 0.857. The van der Waals surface area contributed by atoms with Gasteiger partial charge in [-0.15, -0.1) is 0 Å². The van der Waals surface area contributed by atoms with E-state index in [1.807, 2.05) is 20.8 Å². The summed E-state index contributed by atoms with van der Waals surface area (Å²) < 4.78 is 19.1. The van der Waals surface area contributed by atoms with Gasteiger partial charge in [-0.2, -0.15) is 5.26 Å². The van der Waals surface area contributed by atoms with Crippen molar-refractivity contribution in [3.63, 3.8) is 0 Å². The second-order valence-corrected chi connectivity index (χ2v) is 6.94. The number of hydrogen-bond donors (Lipinski definition) is 0. The van der Waals surface area contributed by atoms with Gasteiger partial charge in [0.05, 0.1) is 0 Å². The summed E-state index contributed by atoms with van der Waals surface area (Å²) in [6.07, 6.45) is 1.89. The number of likely N-dealkylation sites (tertiary alicyclic amines) is 1. The number of amides is 1. The van der Waals surface area contributed by atoms with Crippen LogP contribution in [0.25, 0.3) is 0 Å². The standard InChI is InChI=1S/C14H21FN2O2/c1-12(2,3)19-11(18)17-6-4-5-13(10-17)7-14(15,8-13)9-16/h4-8,10H2,1-3H3. The van der Waals surface area contributed by atoms with Gasteiger partial charge in [0.15, 0.2) is 5.67 Å². The summed E-state index contributed by atoms with van der Waals surface area (Å²) in [5.74, 6) is 0. The topological polar surface area (TPSA) is 53.3 Å². The number of carbonyl (C=O) groups is 1. The van der Waals surface area contributed by atoms with Gasteiger partial charge >= 0.3 is 6.09 Å². The van der Waals surface area contributed by atoms with Crippen molar-refractivity contribution in [3.8, 4) is 6.07 Å². The smallest absolute Gasteiger partial charge is 0.410 e. The van der Waals surface area contributed by atoms with Crippen molar-refractivity contribution < 1.29 is 13.9 Å². The predicted molar refractivity (Wildman–Crippen MR) is 68.2 cm³/mol. The first-order valence-electron chi connectivity index (χ1n) is 6.75. The predicted octanol–water partition coefficient (Wildman–Crippen LogP) is 3.03. The Morgan fingerprint density at radius 3 is 2.58 bits per heavy atom. The molecule has 0 bridgehead atoms. The van der Waals surface area contributed by atoms with Crippen molar-refractivity contribution in [2.75, 3.05) is 13.1 Å². The third kappa shape index (κ3) is 2.99. The molecule has 0 atom stereocenters. The molecule has 106 valence electrons. The number of carbonyl (C=O) groups excluding carboxylic acids is 1. The molecule has 1 saturated carbocycles. The zero-order valence-corrected chi connectivity index (χ0v) is 11.8. The average molecular weight is 268 g/mol. The molecule has 0 aromatic heterocycles. The molecule has 0 radical (unpaired) electrons. The molecule has 1 amide bonds. The lowest BCUT2D eigenvalue weighted by Crippen LogP contribution is -2.57. The van der Waals surface area contributed by atoms with Crippen LogP contribution in [0.15, 0.2) is 0 Å². The average Bonchev–Trinajstić information content (AvgIpc) is 2.25. The first kappa shape index (κ1) is 14.1. The Labute approximate surface area is 113 Å². The third-order valence-corrected chi connectivity index (χ3v) is 3.82. The molecular formula is C14H21FN2O2. The Kier molecular flexibility index (Phi) is 3.24. The van der Waals surface area contributed by atoms with E-state index in [1.54, 1.807) is 11.0 Å². The van der Waals surface area contributed by atoms with E-state index < -0.39 is 11.3 Å². The highest BCUT2D eigenvalue weighted by molar-refractivity contribution is 5.68. The van der Waals surface area contributed by atoms with Gasteiger partial charge in [-0.05, 0) is 39.0 Å². The van der Waals surface area contributed by atoms with E-state index in [0.717, 1.165) is 12.8 Å². The first-order chi connectivity index (χ1) is 8.67. The maximum absolute atomic E-state index is 13.8. The summed E-state index contributed by atoms with van der Waals surface area (Å²) in [6, 6.07) is 1.73. The van der Waals surface area contributed by atoms with Gasteiger partial charge in [-0.1, -0.05) is 0 Å². The Balaban J connectivity index is 1.96. The van der Waals surface area contributed by atoms with Crippen LogP contribution >= 0.6 is 0 Å². The van der Waals surface area contributed by atoms with Crippen LogP contribution in [0.2, 0.25) is 0 Å². The van der Waals surface area contributed by atoms with Crippen LogP contribution in [0, 0.1) is 16.7 Å². The molecule has 0 unspecified atom stereocenters. The molecule has 0 N–H and O–H groups in total. The monoisotopic (exact) mass is 268 g/mol. The normalized spacial score (nSPS) is 34.6. The van der Waals surface area contributed by atoms with E-state index in [0.29, 0.717) is 13.1 Å². The third-order valence-electron chi connectivity index (χ3n) is 3.82. The van der Waals surface area contributed by atoms with Crippen molar-refractivity contribution in [2.24, 2.45) is 5.41 Å². The van der Waals surface area contributed by atoms with E-state index in [-0.39, 0.29) is 24.3 Å². The molecular weight excluding hydrogens is 247 g/mol. The van der Waals surface area contributed by atoms with Gasteiger partial charge in [0.25, 0.3) is 0 Å². The van der Waals surface area contributed by atoms with Crippen LogP contribution in [0.3, 0.4) is 0 Å². The Morgan fingerprint density at radius 1 is 1.42 bits per heavy atom. The number of halogens is 1. The fourth-order valence-corrected chi connectivity index (χ4v) is 3.19. The molecule has 5 heteroatoms. The van der Waals surface area contributed by atoms with Crippen molar-refractivity contribution in [1.82, 2.24) is 4.90 Å². The second kappa shape index (κ2) is 4.36. The number of nitriles is 1. The highest BCUT2D eigenvalue weighted by Crippen LogP contribution is 2.55. The minimum absolute atomic E-state index is 0.209. The van der Waals surface area contributed by atoms with E-state index >= 15 is 0 Å². The fourth-order valence-electron chi connectivity index (χ4n) is 3.19. The number of piperidine rings is 1. The molecule has 1 heterocycles. The lowest BCUT2D eigenvalue weighted by molar-refractivity contribution is -0.0764. The molecule has 2 rings (SSSR count). The molecule has 1 aliphatic carbocycles. The van der Waals surface area contributed by atoms with Gasteiger partial charge in [0.1, 0.15) is 11.7 Å². The zero-order valence-electron chi connectivity index (χ0n) is 11.8. The molecule has 4 nitrogen and oxygen atoms in total. The van der Waals surface area contributed by atoms with E-state index in [4.69, 9.17) is 10.00 Å². The number of nitrogens with zero attached hydrogens (tertiary/aromatic N) is 2. The van der Waals surface area contributed by atoms with E-state index in [9.17, 15) is 9.18 Å². The lowest BCUT2D eigenvalue weighted by atomic mass is 9.57. The highest BCUT2D eigenvalue weighted by Gasteiger charge is 2.57. The summed E-state index contributed by atoms with van der Waals surface area (Å²) in [5, 5.41) is 8.76. The number of hydrogen-bond acceptors (Lipinski definition) is 3. The molecule has 1 saturated heterocycles. The molecule has 0 aromatic carbocycles.